The number of aliphatic hydroxyl groups is 2. The zero-order chi connectivity index (χ0) is 29.8. The Morgan fingerprint density at radius 1 is 1.17 bits per heavy atom. The van der Waals surface area contributed by atoms with Crippen LogP contribution in [-0.4, -0.2) is 66.6 Å². The molecule has 8 nitrogen and oxygen atoms in total. The molecule has 9 heteroatoms. The molecular weight excluding hydrogens is 529 g/mol. The van der Waals surface area contributed by atoms with Gasteiger partial charge in [0.25, 0.3) is 5.91 Å². The largest absolute Gasteiger partial charge is 0.493 e. The molecule has 8 atom stereocenters. The molecule has 8 unspecified atom stereocenters. The van der Waals surface area contributed by atoms with E-state index in [1.807, 2.05) is 13.8 Å². The minimum Gasteiger partial charge on any atom is -0.493 e. The number of allylic oxidation sites excluding steroid dienone is 4. The van der Waals surface area contributed by atoms with Crippen molar-refractivity contribution in [2.45, 2.75) is 70.2 Å². The molecule has 0 radical (unpaired) electrons. The Kier molecular flexibility index (Phi) is 7.52. The van der Waals surface area contributed by atoms with Gasteiger partial charge in [0.1, 0.15) is 5.75 Å². The number of hydrogen-bond donors (Lipinski definition) is 3. The molecule has 0 heterocycles. The van der Waals surface area contributed by atoms with Crippen molar-refractivity contribution in [1.29, 1.82) is 0 Å². The number of aliphatic hydroxyl groups excluding tert-OH is 1. The number of ether oxygens (including phenoxy) is 3. The fraction of sp³-hybridized carbons (Fsp3) is 0.625. The first-order valence-corrected chi connectivity index (χ1v) is 14.5. The normalized spacial score (nSPS) is 39.2. The van der Waals surface area contributed by atoms with Crippen molar-refractivity contribution in [3.8, 4) is 17.2 Å². The van der Waals surface area contributed by atoms with Gasteiger partial charge in [-0.2, -0.15) is 0 Å². The topological polar surface area (TPSA) is 114 Å². The highest BCUT2D eigenvalue weighted by Gasteiger charge is 2.75. The summed E-state index contributed by atoms with van der Waals surface area (Å²) in [5.41, 5.74) is -5.18. The van der Waals surface area contributed by atoms with Gasteiger partial charge in [-0.3, -0.25) is 9.59 Å². The van der Waals surface area contributed by atoms with Crippen molar-refractivity contribution in [1.82, 2.24) is 5.32 Å². The van der Waals surface area contributed by atoms with E-state index in [1.165, 1.54) is 12.2 Å². The summed E-state index contributed by atoms with van der Waals surface area (Å²) in [5.74, 6) is -0.194. The van der Waals surface area contributed by atoms with Crippen LogP contribution in [0.2, 0.25) is 0 Å². The Hall–Kier alpha value is -2.91. The highest BCUT2D eigenvalue weighted by Crippen LogP contribution is 2.70. The molecule has 4 aliphatic carbocycles. The molecule has 1 aromatic rings. The number of ketones is 1. The summed E-state index contributed by atoms with van der Waals surface area (Å²) in [4.78, 5) is 25.7. The third-order valence-electron chi connectivity index (χ3n) is 10.8. The van der Waals surface area contributed by atoms with Gasteiger partial charge in [-0.1, -0.05) is 25.5 Å². The third-order valence-corrected chi connectivity index (χ3v) is 10.8. The number of alkyl halides is 1. The fourth-order valence-electron chi connectivity index (χ4n) is 8.54. The molecule has 3 saturated carbocycles. The maximum Gasteiger partial charge on any atom is 0.252 e. The number of amides is 1. The van der Waals surface area contributed by atoms with Crippen LogP contribution in [0.15, 0.2) is 42.0 Å². The number of rotatable bonds is 8. The van der Waals surface area contributed by atoms with Gasteiger partial charge in [-0.25, -0.2) is 4.39 Å². The average Bonchev–Trinajstić information content (AvgIpc) is 3.15. The first-order chi connectivity index (χ1) is 19.4. The second-order valence-corrected chi connectivity index (χ2v) is 12.6. The number of methoxy groups -OCH3 is 2. The molecule has 0 spiro atoms. The van der Waals surface area contributed by atoms with Gasteiger partial charge in [0, 0.05) is 29.4 Å². The molecule has 3 N–H and O–H groups in total. The first-order valence-electron chi connectivity index (χ1n) is 14.5. The Morgan fingerprint density at radius 2 is 1.90 bits per heavy atom. The van der Waals surface area contributed by atoms with Gasteiger partial charge >= 0.3 is 0 Å². The summed E-state index contributed by atoms with van der Waals surface area (Å²) < 4.78 is 33.6. The number of carbonyl (C=O) groups is 2. The molecule has 0 aromatic heterocycles. The molecular formula is C32H42FNO7. The van der Waals surface area contributed by atoms with Crippen LogP contribution in [0.4, 0.5) is 4.39 Å². The summed E-state index contributed by atoms with van der Waals surface area (Å²) in [5, 5.41) is 26.4. The van der Waals surface area contributed by atoms with Crippen molar-refractivity contribution in [3.05, 3.63) is 42.0 Å². The molecule has 1 aromatic carbocycles. The van der Waals surface area contributed by atoms with Crippen LogP contribution in [-0.2, 0) is 9.59 Å². The summed E-state index contributed by atoms with van der Waals surface area (Å²) in [7, 11) is 3.11. The minimum atomic E-state index is -2.00. The monoisotopic (exact) mass is 571 g/mol. The second-order valence-electron chi connectivity index (χ2n) is 12.6. The van der Waals surface area contributed by atoms with Crippen molar-refractivity contribution < 1.29 is 38.4 Å². The predicted octanol–water partition coefficient (Wildman–Crippen LogP) is 3.94. The molecule has 5 rings (SSSR count). The van der Waals surface area contributed by atoms with Gasteiger partial charge in [0.2, 0.25) is 0 Å². The molecule has 0 saturated heterocycles. The molecule has 0 aliphatic heterocycles. The van der Waals surface area contributed by atoms with E-state index in [9.17, 15) is 19.8 Å². The molecule has 224 valence electrons. The number of carbonyl (C=O) groups excluding carboxylic acids is 2. The Bertz CT molecular complexity index is 1280. The highest BCUT2D eigenvalue weighted by atomic mass is 19.1. The zero-order valence-electron chi connectivity index (χ0n) is 24.5. The maximum atomic E-state index is 17.3. The maximum absolute atomic E-state index is 17.3. The van der Waals surface area contributed by atoms with Crippen LogP contribution in [0.3, 0.4) is 0 Å². The van der Waals surface area contributed by atoms with Gasteiger partial charge < -0.3 is 29.7 Å². The van der Waals surface area contributed by atoms with E-state index in [-0.39, 0.29) is 24.7 Å². The number of fused-ring (bicyclic) bond motifs is 5. The van der Waals surface area contributed by atoms with E-state index in [1.54, 1.807) is 45.4 Å². The van der Waals surface area contributed by atoms with Crippen LogP contribution >= 0.6 is 0 Å². The van der Waals surface area contributed by atoms with E-state index in [0.29, 0.717) is 55.1 Å². The van der Waals surface area contributed by atoms with Gasteiger partial charge in [-0.05, 0) is 75.1 Å². The van der Waals surface area contributed by atoms with E-state index < -0.39 is 45.9 Å². The lowest BCUT2D eigenvalue weighted by molar-refractivity contribution is -0.219. The average molecular weight is 572 g/mol. The highest BCUT2D eigenvalue weighted by molar-refractivity contribution is 6.01. The molecule has 0 bridgehead atoms. The molecule has 41 heavy (non-hydrogen) atoms. The van der Waals surface area contributed by atoms with Crippen molar-refractivity contribution >= 4 is 11.7 Å². The first kappa shape index (κ1) is 29.6. The summed E-state index contributed by atoms with van der Waals surface area (Å²) in [6.07, 6.45) is 5.04. The Balaban J connectivity index is 1.27. The lowest BCUT2D eigenvalue weighted by atomic mass is 9.44. The van der Waals surface area contributed by atoms with E-state index in [0.717, 1.165) is 0 Å². The molecule has 4 aliphatic rings. The Labute approximate surface area is 240 Å². The van der Waals surface area contributed by atoms with Crippen LogP contribution in [0.5, 0.6) is 17.2 Å². The van der Waals surface area contributed by atoms with Gasteiger partial charge in [-0.15, -0.1) is 0 Å². The lowest BCUT2D eigenvalue weighted by Gasteiger charge is -2.62. The van der Waals surface area contributed by atoms with Crippen LogP contribution in [0.25, 0.3) is 0 Å². The van der Waals surface area contributed by atoms with Gasteiger partial charge in [0.15, 0.2) is 28.6 Å². The van der Waals surface area contributed by atoms with E-state index >= 15 is 4.39 Å². The minimum absolute atomic E-state index is 0.0496. The molecule has 3 fully saturated rings. The van der Waals surface area contributed by atoms with Crippen molar-refractivity contribution in [2.24, 2.45) is 28.6 Å². The Morgan fingerprint density at radius 3 is 2.61 bits per heavy atom. The summed E-state index contributed by atoms with van der Waals surface area (Å²) in [6.45, 7) is 6.05. The lowest BCUT2D eigenvalue weighted by Crippen LogP contribution is -2.70. The number of benzene rings is 1. The standard InChI is InChI=1S/C32H42FNO7/c1-19-15-24-23-9-7-20-16-21(35)11-12-29(20,2)31(23,33)27(36)18-30(24,3)32(19,38)28(37)34-13-6-14-41-22-8-10-25(39-4)26(17-22)40-5/h8,10-12,16-17,19,23-24,27,36,38H,6-7,9,13-15,18H2,1-5H3,(H,34,37). The van der Waals surface area contributed by atoms with Gasteiger partial charge in [0.05, 0.1) is 26.9 Å². The zero-order valence-corrected chi connectivity index (χ0v) is 24.5. The number of nitrogens with one attached hydrogen (secondary N) is 1. The smallest absolute Gasteiger partial charge is 0.252 e. The summed E-state index contributed by atoms with van der Waals surface area (Å²) >= 11 is 0. The van der Waals surface area contributed by atoms with Crippen molar-refractivity contribution in [2.75, 3.05) is 27.4 Å². The third kappa shape index (κ3) is 4.22. The van der Waals surface area contributed by atoms with Crippen LogP contribution in [0.1, 0.15) is 52.9 Å². The SMILES string of the molecule is COc1ccc(OCCCNC(=O)C2(O)C(C)CC3C4CCC5=CC(=O)C=CC5(C)C4(F)C(O)CC32C)cc1OC. The predicted molar refractivity (Wildman–Crippen MR) is 151 cm³/mol. The second kappa shape index (κ2) is 10.4. The number of halogens is 1. The van der Waals surface area contributed by atoms with Crippen LogP contribution < -0.4 is 19.5 Å². The van der Waals surface area contributed by atoms with E-state index in [2.05, 4.69) is 5.32 Å². The van der Waals surface area contributed by atoms with Crippen LogP contribution in [0, 0.1) is 28.6 Å². The quantitative estimate of drug-likeness (QED) is 0.405. The van der Waals surface area contributed by atoms with Crippen molar-refractivity contribution in [3.63, 3.8) is 0 Å². The number of hydrogen-bond acceptors (Lipinski definition) is 7. The molecule has 1 amide bonds. The summed E-state index contributed by atoms with van der Waals surface area (Å²) in [6, 6.07) is 5.25. The van der Waals surface area contributed by atoms with E-state index in [4.69, 9.17) is 14.2 Å². The fourth-order valence-corrected chi connectivity index (χ4v) is 8.54.